The van der Waals surface area contributed by atoms with Crippen LogP contribution in [0.4, 0.5) is 0 Å². The molecule has 0 fully saturated rings. The first-order valence-electron chi connectivity index (χ1n) is 4.66. The third-order valence-corrected chi connectivity index (χ3v) is 6.10. The van der Waals surface area contributed by atoms with Crippen molar-refractivity contribution < 1.29 is 13.3 Å². The van der Waals surface area contributed by atoms with E-state index < -0.39 is 19.5 Å². The third-order valence-electron chi connectivity index (χ3n) is 2.10. The zero-order valence-electron chi connectivity index (χ0n) is 8.33. The van der Waals surface area contributed by atoms with Crippen LogP contribution in [0.5, 0.6) is 11.5 Å². The van der Waals surface area contributed by atoms with E-state index in [-0.39, 0.29) is 11.5 Å². The van der Waals surface area contributed by atoms with Gasteiger partial charge in [-0.3, -0.25) is 0 Å². The molecule has 2 N–H and O–H groups in total. The topological polar surface area (TPSA) is 57.5 Å². The summed E-state index contributed by atoms with van der Waals surface area (Å²) in [5.41, 5.74) is 0. The first-order chi connectivity index (χ1) is 7.66. The molecule has 0 aromatic heterocycles. The number of aromatic hydroxyl groups is 2. The molecule has 0 aliphatic heterocycles. The number of hydrogen-bond donors (Lipinski definition) is 2. The third kappa shape index (κ3) is 2.41. The predicted octanol–water partition coefficient (Wildman–Crippen LogP) is 0.634. The molecule has 0 unspecified atom stereocenters. The Bertz CT molecular complexity index is 455. The Hall–Kier alpha value is -1.37. The summed E-state index contributed by atoms with van der Waals surface area (Å²) in [6.45, 7) is 0. The molecule has 0 atom stereocenters. The molecule has 2 aromatic carbocycles. The van der Waals surface area contributed by atoms with E-state index in [4.69, 9.17) is 10.2 Å². The number of hydrogen-bond acceptors (Lipinski definition) is 3. The van der Waals surface area contributed by atoms with Gasteiger partial charge in [-0.2, -0.15) is 0 Å². The summed E-state index contributed by atoms with van der Waals surface area (Å²) in [5, 5.41) is 18.3. The van der Waals surface area contributed by atoms with Gasteiger partial charge in [0.05, 0.1) is 0 Å². The van der Waals surface area contributed by atoms with Crippen LogP contribution in [0.3, 0.4) is 0 Å². The second kappa shape index (κ2) is 4.65. The van der Waals surface area contributed by atoms with Crippen molar-refractivity contribution in [3.05, 3.63) is 48.5 Å². The summed E-state index contributed by atoms with van der Waals surface area (Å²) >= 11 is -2.75. The quantitative estimate of drug-likeness (QED) is 0.795. The van der Waals surface area contributed by atoms with Gasteiger partial charge in [0.1, 0.15) is 0 Å². The second-order valence-corrected chi connectivity index (χ2v) is 7.48. The fourth-order valence-corrected chi connectivity index (χ4v) is 4.24. The maximum atomic E-state index is 12.2. The predicted molar refractivity (Wildman–Crippen MR) is 61.9 cm³/mol. The van der Waals surface area contributed by atoms with Crippen molar-refractivity contribution in [3.63, 3.8) is 0 Å². The Morgan fingerprint density at radius 2 is 1.00 bits per heavy atom. The monoisotopic (exact) mass is 332 g/mol. The summed E-state index contributed by atoms with van der Waals surface area (Å²) in [6.07, 6.45) is 0. The van der Waals surface area contributed by atoms with Gasteiger partial charge >= 0.3 is 100 Å². The first kappa shape index (κ1) is 11.1. The molecule has 0 saturated heterocycles. The van der Waals surface area contributed by atoms with Crippen molar-refractivity contribution >= 4 is 26.8 Å². The summed E-state index contributed by atoms with van der Waals surface area (Å²) in [4.78, 5) is 0. The molecule has 0 heterocycles. The molecule has 2 aromatic rings. The van der Waals surface area contributed by atoms with Gasteiger partial charge in [-0.15, -0.1) is 0 Å². The van der Waals surface area contributed by atoms with E-state index in [1.165, 1.54) is 24.3 Å². The number of phenols is 2. The Labute approximate surface area is 100 Å². The molecular formula is C12H10O3Te. The van der Waals surface area contributed by atoms with Crippen LogP contribution < -0.4 is 7.22 Å². The van der Waals surface area contributed by atoms with Gasteiger partial charge < -0.3 is 0 Å². The van der Waals surface area contributed by atoms with Crippen molar-refractivity contribution in [2.24, 2.45) is 0 Å². The fourth-order valence-electron chi connectivity index (χ4n) is 1.28. The normalized spacial score (nSPS) is 10.6. The second-order valence-electron chi connectivity index (χ2n) is 3.26. The molecule has 0 aliphatic rings. The van der Waals surface area contributed by atoms with Gasteiger partial charge in [0.2, 0.25) is 0 Å². The van der Waals surface area contributed by atoms with Crippen LogP contribution in [-0.4, -0.2) is 29.7 Å². The van der Waals surface area contributed by atoms with E-state index in [1.807, 2.05) is 0 Å². The number of benzene rings is 2. The van der Waals surface area contributed by atoms with E-state index in [1.54, 1.807) is 24.3 Å². The van der Waals surface area contributed by atoms with Crippen LogP contribution in [0.1, 0.15) is 0 Å². The van der Waals surface area contributed by atoms with E-state index in [0.717, 1.165) is 7.22 Å². The fraction of sp³-hybridized carbons (Fsp3) is 0. The molecule has 82 valence electrons. The van der Waals surface area contributed by atoms with Crippen LogP contribution in [-0.2, 0) is 3.10 Å². The molecule has 0 bridgehead atoms. The Balaban J connectivity index is 2.32. The SMILES string of the molecule is O=[Te](c1ccc(O)cc1)c1ccc(O)cc1. The minimum atomic E-state index is -2.75. The van der Waals surface area contributed by atoms with Crippen molar-refractivity contribution in [1.82, 2.24) is 0 Å². The van der Waals surface area contributed by atoms with Gasteiger partial charge in [0, 0.05) is 0 Å². The van der Waals surface area contributed by atoms with Crippen molar-refractivity contribution in [2.45, 2.75) is 0 Å². The Kier molecular flexibility index (Phi) is 3.23. The van der Waals surface area contributed by atoms with Crippen LogP contribution >= 0.6 is 0 Å². The Morgan fingerprint density at radius 3 is 1.31 bits per heavy atom. The van der Waals surface area contributed by atoms with Crippen molar-refractivity contribution in [3.8, 4) is 11.5 Å². The molecule has 3 nitrogen and oxygen atoms in total. The maximum absolute atomic E-state index is 12.2. The summed E-state index contributed by atoms with van der Waals surface area (Å²) < 4.78 is 13.7. The van der Waals surface area contributed by atoms with Crippen LogP contribution in [0.25, 0.3) is 0 Å². The zero-order chi connectivity index (χ0) is 11.5. The Morgan fingerprint density at radius 1 is 0.688 bits per heavy atom. The molecule has 0 amide bonds. The molecule has 4 heteroatoms. The first-order valence-corrected chi connectivity index (χ1v) is 7.95. The molecule has 16 heavy (non-hydrogen) atoms. The van der Waals surface area contributed by atoms with E-state index >= 15 is 0 Å². The van der Waals surface area contributed by atoms with Crippen LogP contribution in [0.2, 0.25) is 0 Å². The molecular weight excluding hydrogens is 320 g/mol. The molecule has 0 saturated carbocycles. The van der Waals surface area contributed by atoms with Crippen molar-refractivity contribution in [2.75, 3.05) is 0 Å². The van der Waals surface area contributed by atoms with Gasteiger partial charge in [-0.1, -0.05) is 0 Å². The van der Waals surface area contributed by atoms with Crippen molar-refractivity contribution in [1.29, 1.82) is 0 Å². The minimum absolute atomic E-state index is 0.168. The van der Waals surface area contributed by atoms with Gasteiger partial charge in [-0.05, 0) is 0 Å². The summed E-state index contributed by atoms with van der Waals surface area (Å²) in [7, 11) is 0. The van der Waals surface area contributed by atoms with E-state index in [9.17, 15) is 3.10 Å². The summed E-state index contributed by atoms with van der Waals surface area (Å²) in [5.74, 6) is 0.335. The van der Waals surface area contributed by atoms with Crippen LogP contribution in [0.15, 0.2) is 48.5 Å². The average Bonchev–Trinajstić information content (AvgIpc) is 2.30. The summed E-state index contributed by atoms with van der Waals surface area (Å²) in [6, 6.07) is 12.8. The van der Waals surface area contributed by atoms with Crippen LogP contribution in [0, 0.1) is 0 Å². The standard InChI is InChI=1S/C12H10O3Te/c13-9-1-5-11(6-2-9)16(15)12-7-3-10(14)4-8-12/h1-8,13-14H. The van der Waals surface area contributed by atoms with E-state index in [2.05, 4.69) is 0 Å². The molecule has 0 spiro atoms. The van der Waals surface area contributed by atoms with Gasteiger partial charge in [0.25, 0.3) is 0 Å². The van der Waals surface area contributed by atoms with Gasteiger partial charge in [-0.25, -0.2) is 0 Å². The molecule has 0 radical (unpaired) electrons. The average molecular weight is 330 g/mol. The number of phenolic OH excluding ortho intramolecular Hbond substituents is 2. The van der Waals surface area contributed by atoms with Gasteiger partial charge in [0.15, 0.2) is 0 Å². The van der Waals surface area contributed by atoms with E-state index in [0.29, 0.717) is 0 Å². The molecule has 0 aliphatic carbocycles. The molecule has 2 rings (SSSR count). The zero-order valence-corrected chi connectivity index (χ0v) is 10.7. The number of rotatable bonds is 2.